The van der Waals surface area contributed by atoms with E-state index in [1.807, 2.05) is 56.7 Å². The Balaban J connectivity index is 1.41. The number of hydrogen-bond donors (Lipinski definition) is 1. The van der Waals surface area contributed by atoms with Crippen LogP contribution in [0.2, 0.25) is 0 Å². The number of carbonyl (C=O) groups is 1. The van der Waals surface area contributed by atoms with E-state index >= 15 is 0 Å². The molecule has 1 aliphatic heterocycles. The Labute approximate surface area is 149 Å². The van der Waals surface area contributed by atoms with Crippen LogP contribution >= 0.6 is 0 Å². The van der Waals surface area contributed by atoms with Crippen molar-refractivity contribution in [3.05, 3.63) is 54.1 Å². The van der Waals surface area contributed by atoms with Crippen LogP contribution in [0.5, 0.6) is 0 Å². The van der Waals surface area contributed by atoms with Crippen molar-refractivity contribution in [2.75, 3.05) is 32.7 Å². The second kappa shape index (κ2) is 8.27. The fourth-order valence-electron chi connectivity index (χ4n) is 3.17. The summed E-state index contributed by atoms with van der Waals surface area (Å²) in [4.78, 5) is 21.3. The molecule has 3 rings (SSSR count). The molecule has 2 heterocycles. The van der Waals surface area contributed by atoms with Gasteiger partial charge >= 0.3 is 0 Å². The third-order valence-electron chi connectivity index (χ3n) is 4.80. The Morgan fingerprint density at radius 3 is 2.48 bits per heavy atom. The first-order valence-electron chi connectivity index (χ1n) is 8.87. The molecule has 1 saturated heterocycles. The molecule has 1 unspecified atom stereocenters. The van der Waals surface area contributed by atoms with Gasteiger partial charge in [-0.05, 0) is 12.5 Å². The second-order valence-corrected chi connectivity index (χ2v) is 6.71. The van der Waals surface area contributed by atoms with Crippen molar-refractivity contribution >= 4 is 5.91 Å². The molecule has 6 heteroatoms. The van der Waals surface area contributed by atoms with Crippen LogP contribution in [-0.4, -0.2) is 58.0 Å². The molecule has 0 saturated carbocycles. The molecule has 1 atom stereocenters. The first-order valence-corrected chi connectivity index (χ1v) is 8.87. The van der Waals surface area contributed by atoms with Crippen molar-refractivity contribution in [3.63, 3.8) is 0 Å². The Morgan fingerprint density at radius 1 is 1.16 bits per heavy atom. The minimum absolute atomic E-state index is 0.0402. The van der Waals surface area contributed by atoms with Gasteiger partial charge in [0.05, 0.1) is 19.1 Å². The maximum atomic E-state index is 12.3. The Hall–Kier alpha value is -2.18. The SMILES string of the molecule is CC(NC(=O)CN1CCN(Cc2nccn2C)CC1)c1ccccc1. The van der Waals surface area contributed by atoms with Crippen molar-refractivity contribution in [1.29, 1.82) is 0 Å². The van der Waals surface area contributed by atoms with Crippen molar-refractivity contribution in [3.8, 4) is 0 Å². The summed E-state index contributed by atoms with van der Waals surface area (Å²) in [5.74, 6) is 1.18. The maximum Gasteiger partial charge on any atom is 0.234 e. The van der Waals surface area contributed by atoms with Crippen LogP contribution in [0.15, 0.2) is 42.7 Å². The van der Waals surface area contributed by atoms with Gasteiger partial charge in [-0.3, -0.25) is 14.6 Å². The molecule has 1 aliphatic rings. The highest BCUT2D eigenvalue weighted by molar-refractivity contribution is 5.78. The lowest BCUT2D eigenvalue weighted by Gasteiger charge is -2.34. The normalized spacial score (nSPS) is 17.4. The first kappa shape index (κ1) is 17.6. The summed E-state index contributed by atoms with van der Waals surface area (Å²) in [6.45, 7) is 7.12. The van der Waals surface area contributed by atoms with E-state index in [4.69, 9.17) is 0 Å². The summed E-state index contributed by atoms with van der Waals surface area (Å²) in [5.41, 5.74) is 1.13. The minimum Gasteiger partial charge on any atom is -0.348 e. The molecule has 134 valence electrons. The van der Waals surface area contributed by atoms with E-state index in [-0.39, 0.29) is 11.9 Å². The average Bonchev–Trinajstić information content (AvgIpc) is 3.02. The second-order valence-electron chi connectivity index (χ2n) is 6.71. The lowest BCUT2D eigenvalue weighted by molar-refractivity contribution is -0.123. The minimum atomic E-state index is 0.0402. The largest absolute Gasteiger partial charge is 0.348 e. The maximum absolute atomic E-state index is 12.3. The highest BCUT2D eigenvalue weighted by Crippen LogP contribution is 2.11. The molecule has 0 bridgehead atoms. The lowest BCUT2D eigenvalue weighted by Crippen LogP contribution is -2.49. The predicted octanol–water partition coefficient (Wildman–Crippen LogP) is 1.42. The van der Waals surface area contributed by atoms with Gasteiger partial charge < -0.3 is 9.88 Å². The molecule has 1 aromatic carbocycles. The molecule has 1 amide bonds. The van der Waals surface area contributed by atoms with Crippen LogP contribution in [0.3, 0.4) is 0 Å². The monoisotopic (exact) mass is 341 g/mol. The molecule has 2 aromatic rings. The summed E-state index contributed by atoms with van der Waals surface area (Å²) in [5, 5.41) is 3.09. The number of amides is 1. The standard InChI is InChI=1S/C19H27N5O/c1-16(17-6-4-3-5-7-17)21-19(25)15-24-12-10-23(11-13-24)14-18-20-8-9-22(18)2/h3-9,16H,10-15H2,1-2H3,(H,21,25). The fraction of sp³-hybridized carbons (Fsp3) is 0.474. The zero-order valence-corrected chi connectivity index (χ0v) is 15.1. The van der Waals surface area contributed by atoms with Gasteiger partial charge in [0.1, 0.15) is 5.82 Å². The van der Waals surface area contributed by atoms with E-state index in [1.54, 1.807) is 0 Å². The average molecular weight is 341 g/mol. The van der Waals surface area contributed by atoms with Gasteiger partial charge in [0, 0.05) is 45.6 Å². The molecule has 0 radical (unpaired) electrons. The third kappa shape index (κ3) is 4.90. The molecular weight excluding hydrogens is 314 g/mol. The smallest absolute Gasteiger partial charge is 0.234 e. The van der Waals surface area contributed by atoms with Gasteiger partial charge in [0.2, 0.25) is 5.91 Å². The van der Waals surface area contributed by atoms with Crippen LogP contribution in [0.1, 0.15) is 24.4 Å². The van der Waals surface area contributed by atoms with E-state index in [9.17, 15) is 4.79 Å². The number of aromatic nitrogens is 2. The quantitative estimate of drug-likeness (QED) is 0.863. The van der Waals surface area contributed by atoms with E-state index in [0.717, 1.165) is 44.1 Å². The van der Waals surface area contributed by atoms with Crippen molar-refractivity contribution in [2.24, 2.45) is 7.05 Å². The Morgan fingerprint density at radius 2 is 1.84 bits per heavy atom. The molecule has 1 N–H and O–H groups in total. The van der Waals surface area contributed by atoms with Gasteiger partial charge in [-0.25, -0.2) is 4.98 Å². The highest BCUT2D eigenvalue weighted by atomic mass is 16.2. The molecule has 0 aliphatic carbocycles. The van der Waals surface area contributed by atoms with Gasteiger partial charge in [-0.2, -0.15) is 0 Å². The van der Waals surface area contributed by atoms with Gasteiger partial charge in [-0.1, -0.05) is 30.3 Å². The Kier molecular flexibility index (Phi) is 5.83. The summed E-state index contributed by atoms with van der Waals surface area (Å²) in [6.07, 6.45) is 3.81. The van der Waals surface area contributed by atoms with Crippen molar-refractivity contribution < 1.29 is 4.79 Å². The van der Waals surface area contributed by atoms with Crippen LogP contribution in [0.4, 0.5) is 0 Å². The van der Waals surface area contributed by atoms with Crippen molar-refractivity contribution in [2.45, 2.75) is 19.5 Å². The number of hydrogen-bond acceptors (Lipinski definition) is 4. The number of benzene rings is 1. The van der Waals surface area contributed by atoms with Gasteiger partial charge in [-0.15, -0.1) is 0 Å². The molecule has 6 nitrogen and oxygen atoms in total. The molecule has 1 fully saturated rings. The summed E-state index contributed by atoms with van der Waals surface area (Å²) >= 11 is 0. The number of nitrogens with zero attached hydrogens (tertiary/aromatic N) is 4. The fourth-order valence-corrected chi connectivity index (χ4v) is 3.17. The van der Waals surface area contributed by atoms with Gasteiger partial charge in [0.25, 0.3) is 0 Å². The van der Waals surface area contributed by atoms with Crippen LogP contribution in [-0.2, 0) is 18.4 Å². The summed E-state index contributed by atoms with van der Waals surface area (Å²) in [7, 11) is 2.02. The molecular formula is C19H27N5O. The zero-order valence-electron chi connectivity index (χ0n) is 15.1. The van der Waals surface area contributed by atoms with E-state index in [2.05, 4.69) is 24.7 Å². The first-order chi connectivity index (χ1) is 12.1. The predicted molar refractivity (Wildman–Crippen MR) is 97.9 cm³/mol. The van der Waals surface area contributed by atoms with Crippen LogP contribution < -0.4 is 5.32 Å². The van der Waals surface area contributed by atoms with E-state index in [1.165, 1.54) is 0 Å². The highest BCUT2D eigenvalue weighted by Gasteiger charge is 2.20. The van der Waals surface area contributed by atoms with Crippen LogP contribution in [0.25, 0.3) is 0 Å². The molecule has 0 spiro atoms. The number of aryl methyl sites for hydroxylation is 1. The van der Waals surface area contributed by atoms with Gasteiger partial charge in [0.15, 0.2) is 0 Å². The van der Waals surface area contributed by atoms with Crippen molar-refractivity contribution in [1.82, 2.24) is 24.7 Å². The molecule has 25 heavy (non-hydrogen) atoms. The van der Waals surface area contributed by atoms with E-state index in [0.29, 0.717) is 6.54 Å². The van der Waals surface area contributed by atoms with E-state index < -0.39 is 0 Å². The number of nitrogens with one attached hydrogen (secondary N) is 1. The number of imidazole rings is 1. The lowest BCUT2D eigenvalue weighted by atomic mass is 10.1. The summed E-state index contributed by atoms with van der Waals surface area (Å²) < 4.78 is 2.06. The third-order valence-corrected chi connectivity index (χ3v) is 4.80. The number of rotatable bonds is 6. The topological polar surface area (TPSA) is 53.4 Å². The molecule has 1 aromatic heterocycles. The zero-order chi connectivity index (χ0) is 17.6. The Bertz CT molecular complexity index is 676. The summed E-state index contributed by atoms with van der Waals surface area (Å²) in [6, 6.07) is 10.1. The van der Waals surface area contributed by atoms with Crippen LogP contribution in [0, 0.1) is 0 Å². The number of carbonyl (C=O) groups excluding carboxylic acids is 1. The number of piperazine rings is 1.